The molecule has 124 valence electrons. The van der Waals surface area contributed by atoms with E-state index in [4.69, 9.17) is 5.73 Å². The monoisotopic (exact) mass is 324 g/mol. The van der Waals surface area contributed by atoms with Crippen LogP contribution in [0.15, 0.2) is 42.7 Å². The lowest BCUT2D eigenvalue weighted by atomic mass is 10.1. The van der Waals surface area contributed by atoms with Crippen molar-refractivity contribution >= 4 is 23.2 Å². The van der Waals surface area contributed by atoms with Gasteiger partial charge in [-0.3, -0.25) is 14.6 Å². The molecule has 2 aromatic rings. The SMILES string of the molecule is CC(N)CC(=O)Nc1ccc2c(c1)CCN2C(=O)c1cccnc1. The highest BCUT2D eigenvalue weighted by Gasteiger charge is 2.26. The minimum absolute atomic E-state index is 0.0596. The first-order valence-electron chi connectivity index (χ1n) is 7.95. The van der Waals surface area contributed by atoms with Crippen LogP contribution in [0.25, 0.3) is 0 Å². The van der Waals surface area contributed by atoms with E-state index < -0.39 is 0 Å². The number of pyridine rings is 1. The summed E-state index contributed by atoms with van der Waals surface area (Å²) in [6.45, 7) is 2.42. The molecule has 1 atom stereocenters. The molecule has 6 heteroatoms. The minimum atomic E-state index is -0.174. The number of aromatic nitrogens is 1. The second-order valence-corrected chi connectivity index (χ2v) is 6.02. The standard InChI is InChI=1S/C18H20N4O2/c1-12(19)9-17(23)21-15-4-5-16-13(10-15)6-8-22(16)18(24)14-3-2-7-20-11-14/h2-5,7,10-12H,6,8-9,19H2,1H3,(H,21,23). The number of hydrogen-bond donors (Lipinski definition) is 2. The van der Waals surface area contributed by atoms with E-state index in [-0.39, 0.29) is 24.3 Å². The van der Waals surface area contributed by atoms with Gasteiger partial charge in [-0.1, -0.05) is 0 Å². The van der Waals surface area contributed by atoms with Crippen molar-refractivity contribution in [3.8, 4) is 0 Å². The van der Waals surface area contributed by atoms with E-state index in [1.807, 2.05) is 18.2 Å². The van der Waals surface area contributed by atoms with E-state index >= 15 is 0 Å². The first-order chi connectivity index (χ1) is 11.5. The molecule has 0 spiro atoms. The molecule has 0 saturated carbocycles. The summed E-state index contributed by atoms with van der Waals surface area (Å²) >= 11 is 0. The summed E-state index contributed by atoms with van der Waals surface area (Å²) in [5.41, 5.74) is 8.86. The van der Waals surface area contributed by atoms with Crippen LogP contribution < -0.4 is 16.0 Å². The number of nitrogens with one attached hydrogen (secondary N) is 1. The maximum Gasteiger partial charge on any atom is 0.259 e. The van der Waals surface area contributed by atoms with E-state index in [0.29, 0.717) is 12.1 Å². The Balaban J connectivity index is 1.76. The lowest BCUT2D eigenvalue weighted by Gasteiger charge is -2.17. The molecule has 0 aliphatic carbocycles. The molecule has 1 aliphatic rings. The number of nitrogens with two attached hydrogens (primary N) is 1. The molecule has 0 bridgehead atoms. The zero-order chi connectivity index (χ0) is 17.1. The van der Waals surface area contributed by atoms with Crippen LogP contribution in [0.5, 0.6) is 0 Å². The molecule has 6 nitrogen and oxygen atoms in total. The van der Waals surface area contributed by atoms with E-state index in [2.05, 4.69) is 10.3 Å². The Kier molecular flexibility index (Phi) is 4.57. The fourth-order valence-corrected chi connectivity index (χ4v) is 2.84. The number of hydrogen-bond acceptors (Lipinski definition) is 4. The molecule has 3 N–H and O–H groups in total. The van der Waals surface area contributed by atoms with Crippen LogP contribution in [0.4, 0.5) is 11.4 Å². The maximum absolute atomic E-state index is 12.6. The summed E-state index contributed by atoms with van der Waals surface area (Å²) in [7, 11) is 0. The van der Waals surface area contributed by atoms with Gasteiger partial charge < -0.3 is 16.0 Å². The summed E-state index contributed by atoms with van der Waals surface area (Å²) in [5, 5.41) is 2.85. The number of fused-ring (bicyclic) bond motifs is 1. The Labute approximate surface area is 140 Å². The van der Waals surface area contributed by atoms with Gasteiger partial charge >= 0.3 is 0 Å². The van der Waals surface area contributed by atoms with E-state index in [1.165, 1.54) is 0 Å². The van der Waals surface area contributed by atoms with Gasteiger partial charge in [-0.2, -0.15) is 0 Å². The molecular weight excluding hydrogens is 304 g/mol. The molecule has 1 aromatic heterocycles. The maximum atomic E-state index is 12.6. The van der Waals surface area contributed by atoms with Crippen molar-refractivity contribution in [3.05, 3.63) is 53.9 Å². The topological polar surface area (TPSA) is 88.3 Å². The van der Waals surface area contributed by atoms with E-state index in [9.17, 15) is 9.59 Å². The van der Waals surface area contributed by atoms with E-state index in [1.54, 1.807) is 36.4 Å². The Morgan fingerprint density at radius 2 is 2.21 bits per heavy atom. The van der Waals surface area contributed by atoms with Crippen LogP contribution in [-0.4, -0.2) is 29.4 Å². The average Bonchev–Trinajstić information content (AvgIpc) is 2.97. The summed E-state index contributed by atoms with van der Waals surface area (Å²) in [5.74, 6) is -0.165. The van der Waals surface area contributed by atoms with Crippen LogP contribution in [0.3, 0.4) is 0 Å². The van der Waals surface area contributed by atoms with Crippen LogP contribution >= 0.6 is 0 Å². The third-order valence-electron chi connectivity index (χ3n) is 3.92. The lowest BCUT2D eigenvalue weighted by Crippen LogP contribution is -2.28. The highest BCUT2D eigenvalue weighted by atomic mass is 16.2. The highest BCUT2D eigenvalue weighted by Crippen LogP contribution is 2.31. The first kappa shape index (κ1) is 16.1. The Bertz CT molecular complexity index is 759. The predicted octanol–water partition coefficient (Wildman–Crippen LogP) is 1.96. The summed E-state index contributed by atoms with van der Waals surface area (Å²) < 4.78 is 0. The van der Waals surface area contributed by atoms with Gasteiger partial charge in [0.05, 0.1) is 5.56 Å². The van der Waals surface area contributed by atoms with Gasteiger partial charge in [-0.05, 0) is 49.2 Å². The molecule has 2 amide bonds. The van der Waals surface area contributed by atoms with Crippen LogP contribution in [0.1, 0.15) is 29.3 Å². The van der Waals surface area contributed by atoms with Crippen LogP contribution in [-0.2, 0) is 11.2 Å². The summed E-state index contributed by atoms with van der Waals surface area (Å²) in [4.78, 5) is 30.2. The van der Waals surface area contributed by atoms with Gasteiger partial charge in [0.1, 0.15) is 0 Å². The number of carbonyl (C=O) groups is 2. The van der Waals surface area contributed by atoms with Crippen molar-refractivity contribution in [1.82, 2.24) is 4.98 Å². The molecule has 3 rings (SSSR count). The fourth-order valence-electron chi connectivity index (χ4n) is 2.84. The first-order valence-corrected chi connectivity index (χ1v) is 7.95. The van der Waals surface area contributed by atoms with Crippen molar-refractivity contribution in [1.29, 1.82) is 0 Å². The number of amides is 2. The van der Waals surface area contributed by atoms with Gasteiger partial charge in [0.15, 0.2) is 0 Å². The Morgan fingerprint density at radius 1 is 1.38 bits per heavy atom. The van der Waals surface area contributed by atoms with E-state index in [0.717, 1.165) is 23.4 Å². The van der Waals surface area contributed by atoms with Crippen LogP contribution in [0, 0.1) is 0 Å². The number of nitrogens with zero attached hydrogens (tertiary/aromatic N) is 2. The molecule has 0 fully saturated rings. The molecule has 0 radical (unpaired) electrons. The third-order valence-corrected chi connectivity index (χ3v) is 3.92. The van der Waals surface area contributed by atoms with Gasteiger partial charge in [0.25, 0.3) is 5.91 Å². The zero-order valence-corrected chi connectivity index (χ0v) is 13.5. The van der Waals surface area contributed by atoms with Gasteiger partial charge in [0, 0.05) is 42.8 Å². The smallest absolute Gasteiger partial charge is 0.259 e. The largest absolute Gasteiger partial charge is 0.327 e. The predicted molar refractivity (Wildman–Crippen MR) is 93.0 cm³/mol. The van der Waals surface area contributed by atoms with Crippen molar-refractivity contribution in [2.24, 2.45) is 5.73 Å². The summed E-state index contributed by atoms with van der Waals surface area (Å²) in [6, 6.07) is 8.94. The van der Waals surface area contributed by atoms with Crippen molar-refractivity contribution in [3.63, 3.8) is 0 Å². The van der Waals surface area contributed by atoms with Crippen LogP contribution in [0.2, 0.25) is 0 Å². The number of anilines is 2. The van der Waals surface area contributed by atoms with Gasteiger partial charge in [-0.15, -0.1) is 0 Å². The van der Waals surface area contributed by atoms with Gasteiger partial charge in [-0.25, -0.2) is 0 Å². The molecule has 1 unspecified atom stereocenters. The third kappa shape index (κ3) is 3.44. The average molecular weight is 324 g/mol. The molecule has 1 aromatic carbocycles. The molecule has 2 heterocycles. The number of carbonyl (C=O) groups excluding carboxylic acids is 2. The molecule has 24 heavy (non-hydrogen) atoms. The zero-order valence-electron chi connectivity index (χ0n) is 13.5. The molecular formula is C18H20N4O2. The summed E-state index contributed by atoms with van der Waals surface area (Å²) in [6.07, 6.45) is 4.26. The second-order valence-electron chi connectivity index (χ2n) is 6.02. The molecule has 1 aliphatic heterocycles. The number of benzene rings is 1. The lowest BCUT2D eigenvalue weighted by molar-refractivity contribution is -0.116. The second kappa shape index (κ2) is 6.80. The number of rotatable bonds is 4. The van der Waals surface area contributed by atoms with Gasteiger partial charge in [0.2, 0.25) is 5.91 Å². The van der Waals surface area contributed by atoms with Crippen molar-refractivity contribution in [2.45, 2.75) is 25.8 Å². The molecule has 0 saturated heterocycles. The minimum Gasteiger partial charge on any atom is -0.327 e. The quantitative estimate of drug-likeness (QED) is 0.900. The Morgan fingerprint density at radius 3 is 2.92 bits per heavy atom. The highest BCUT2D eigenvalue weighted by molar-refractivity contribution is 6.07. The van der Waals surface area contributed by atoms with Crippen molar-refractivity contribution in [2.75, 3.05) is 16.8 Å². The van der Waals surface area contributed by atoms with Crippen molar-refractivity contribution < 1.29 is 9.59 Å². The normalized spacial score (nSPS) is 14.2. The fraction of sp³-hybridized carbons (Fsp3) is 0.278. The Hall–Kier alpha value is -2.73.